The Morgan fingerprint density at radius 3 is 2.00 bits per heavy atom. The number of ether oxygens (including phenoxy) is 1. The van der Waals surface area contributed by atoms with Crippen molar-refractivity contribution in [3.8, 4) is 0 Å². The fraction of sp³-hybridized carbons (Fsp3) is 0.300. The van der Waals surface area contributed by atoms with Crippen LogP contribution in [0.2, 0.25) is 5.02 Å². The first-order valence-electron chi connectivity index (χ1n) is 9.26. The Morgan fingerprint density at radius 1 is 1.00 bits per heavy atom. The summed E-state index contributed by atoms with van der Waals surface area (Å²) in [6.45, 7) is 5.72. The molecule has 0 aliphatic rings. The molecule has 2 rings (SSSR count). The molecule has 0 bridgehead atoms. The molecular weight excluding hydrogens is 448 g/mol. The van der Waals surface area contributed by atoms with Crippen LogP contribution in [0.15, 0.2) is 48.5 Å². The third kappa shape index (κ3) is 11.9. The van der Waals surface area contributed by atoms with Crippen molar-refractivity contribution < 1.29 is 31.8 Å². The molecule has 0 aromatic heterocycles. The first-order chi connectivity index (χ1) is 14.5. The molecule has 2 aromatic rings. The number of hydrogen-bond acceptors (Lipinski definition) is 6. The molecule has 31 heavy (non-hydrogen) atoms. The third-order valence-electron chi connectivity index (χ3n) is 3.91. The van der Waals surface area contributed by atoms with Crippen LogP contribution in [0.4, 0.5) is 11.4 Å². The quantitative estimate of drug-likeness (QED) is 0.393. The molecule has 0 heterocycles. The van der Waals surface area contributed by atoms with Gasteiger partial charge in [0.05, 0.1) is 6.42 Å². The standard InChI is InChI=1S/C20H23ClN2O3.H2O4S/c1-3-23(4-2)18-11-9-17(10-12-18)22-19(24)14-26-20(25)13-15-5-7-16(21)8-6-15;1-5(2,3)4/h5-12H,3-4,13-14H2,1-2H3,(H,22,24);(H2,1,2,3,4). The van der Waals surface area contributed by atoms with E-state index in [-0.39, 0.29) is 18.9 Å². The molecule has 0 saturated heterocycles. The summed E-state index contributed by atoms with van der Waals surface area (Å²) in [5, 5.41) is 3.32. The molecule has 0 aliphatic carbocycles. The van der Waals surface area contributed by atoms with E-state index in [1.165, 1.54) is 0 Å². The lowest BCUT2D eigenvalue weighted by Gasteiger charge is -2.21. The Morgan fingerprint density at radius 2 is 1.52 bits per heavy atom. The van der Waals surface area contributed by atoms with E-state index < -0.39 is 16.4 Å². The van der Waals surface area contributed by atoms with Crippen molar-refractivity contribution in [2.24, 2.45) is 0 Å². The van der Waals surface area contributed by atoms with E-state index in [0.717, 1.165) is 24.3 Å². The highest BCUT2D eigenvalue weighted by Crippen LogP contribution is 2.17. The predicted molar refractivity (Wildman–Crippen MR) is 119 cm³/mol. The maximum Gasteiger partial charge on any atom is 0.394 e. The molecule has 0 spiro atoms. The van der Waals surface area contributed by atoms with Gasteiger partial charge in [0.1, 0.15) is 0 Å². The zero-order valence-corrected chi connectivity index (χ0v) is 18.7. The molecule has 1 amide bonds. The van der Waals surface area contributed by atoms with Gasteiger partial charge >= 0.3 is 16.4 Å². The number of amides is 1. The number of halogens is 1. The van der Waals surface area contributed by atoms with Crippen molar-refractivity contribution >= 4 is 45.3 Å². The van der Waals surface area contributed by atoms with Crippen LogP contribution in [0.5, 0.6) is 0 Å². The number of esters is 1. The van der Waals surface area contributed by atoms with Gasteiger partial charge in [0.25, 0.3) is 5.91 Å². The largest absolute Gasteiger partial charge is 0.455 e. The Hall–Kier alpha value is -2.66. The number of anilines is 2. The normalized spacial score (nSPS) is 10.5. The molecule has 2 aromatic carbocycles. The number of carbonyl (C=O) groups is 2. The van der Waals surface area contributed by atoms with E-state index in [2.05, 4.69) is 24.1 Å². The average molecular weight is 473 g/mol. The van der Waals surface area contributed by atoms with Gasteiger partial charge in [-0.2, -0.15) is 8.42 Å². The number of nitrogens with one attached hydrogen (secondary N) is 1. The van der Waals surface area contributed by atoms with Crippen molar-refractivity contribution in [3.05, 3.63) is 59.1 Å². The first kappa shape index (κ1) is 26.4. The zero-order chi connectivity index (χ0) is 23.4. The molecule has 0 unspecified atom stereocenters. The molecule has 0 atom stereocenters. The smallest absolute Gasteiger partial charge is 0.394 e. The van der Waals surface area contributed by atoms with Crippen LogP contribution in [0.25, 0.3) is 0 Å². The number of hydrogen-bond donors (Lipinski definition) is 3. The molecule has 0 saturated carbocycles. The second-order valence-electron chi connectivity index (χ2n) is 6.18. The van der Waals surface area contributed by atoms with Gasteiger partial charge in [0.2, 0.25) is 0 Å². The summed E-state index contributed by atoms with van der Waals surface area (Å²) in [5.74, 6) is -0.829. The van der Waals surface area contributed by atoms with Crippen LogP contribution in [0.1, 0.15) is 19.4 Å². The Balaban J connectivity index is 0.000000861. The molecule has 0 aliphatic heterocycles. The fourth-order valence-electron chi connectivity index (χ4n) is 2.51. The van der Waals surface area contributed by atoms with E-state index in [1.807, 2.05) is 24.3 Å². The van der Waals surface area contributed by atoms with Crippen LogP contribution < -0.4 is 10.2 Å². The fourth-order valence-corrected chi connectivity index (χ4v) is 2.63. The Bertz CT molecular complexity index is 936. The average Bonchev–Trinajstić information content (AvgIpc) is 2.69. The summed E-state index contributed by atoms with van der Waals surface area (Å²) in [7, 11) is -4.67. The monoisotopic (exact) mass is 472 g/mol. The van der Waals surface area contributed by atoms with Crippen LogP contribution >= 0.6 is 11.6 Å². The van der Waals surface area contributed by atoms with Crippen molar-refractivity contribution in [1.82, 2.24) is 0 Å². The maximum atomic E-state index is 11.9. The number of benzene rings is 2. The minimum absolute atomic E-state index is 0.100. The van der Waals surface area contributed by atoms with E-state index in [1.54, 1.807) is 24.3 Å². The van der Waals surface area contributed by atoms with Gasteiger partial charge in [-0.05, 0) is 55.8 Å². The Kier molecular flexibility index (Phi) is 11.0. The summed E-state index contributed by atoms with van der Waals surface area (Å²) in [4.78, 5) is 25.9. The topological polar surface area (TPSA) is 133 Å². The highest BCUT2D eigenvalue weighted by atomic mass is 35.5. The number of rotatable bonds is 8. The molecule has 170 valence electrons. The molecular formula is C20H25ClN2O7S. The summed E-state index contributed by atoms with van der Waals surface area (Å²) >= 11 is 5.80. The molecule has 11 heteroatoms. The minimum atomic E-state index is -4.67. The molecule has 3 N–H and O–H groups in total. The summed E-state index contributed by atoms with van der Waals surface area (Å²) in [6.07, 6.45) is 0.100. The van der Waals surface area contributed by atoms with Gasteiger partial charge < -0.3 is 15.0 Å². The van der Waals surface area contributed by atoms with Gasteiger partial charge in [-0.3, -0.25) is 18.7 Å². The van der Waals surface area contributed by atoms with Gasteiger partial charge in [-0.1, -0.05) is 23.7 Å². The van der Waals surface area contributed by atoms with E-state index in [4.69, 9.17) is 33.9 Å². The van der Waals surface area contributed by atoms with Gasteiger partial charge in [0, 0.05) is 29.5 Å². The minimum Gasteiger partial charge on any atom is -0.455 e. The van der Waals surface area contributed by atoms with Crippen LogP contribution in [-0.2, 0) is 31.1 Å². The highest BCUT2D eigenvalue weighted by molar-refractivity contribution is 7.79. The number of carbonyl (C=O) groups excluding carboxylic acids is 2. The zero-order valence-electron chi connectivity index (χ0n) is 17.1. The maximum absolute atomic E-state index is 11.9. The van der Waals surface area contributed by atoms with Crippen LogP contribution in [0, 0.1) is 0 Å². The second kappa shape index (κ2) is 12.9. The lowest BCUT2D eigenvalue weighted by molar-refractivity contribution is -0.146. The molecule has 0 radical (unpaired) electrons. The molecule has 9 nitrogen and oxygen atoms in total. The van der Waals surface area contributed by atoms with E-state index in [0.29, 0.717) is 10.7 Å². The SMILES string of the molecule is CCN(CC)c1ccc(NC(=O)COC(=O)Cc2ccc(Cl)cc2)cc1.O=S(=O)(O)O. The predicted octanol–water partition coefficient (Wildman–Crippen LogP) is 3.26. The first-order valence-corrected chi connectivity index (χ1v) is 11.0. The Labute approximate surface area is 186 Å². The lowest BCUT2D eigenvalue weighted by atomic mass is 10.1. The van der Waals surface area contributed by atoms with E-state index >= 15 is 0 Å². The summed E-state index contributed by atoms with van der Waals surface area (Å²) in [6, 6.07) is 14.5. The van der Waals surface area contributed by atoms with Gasteiger partial charge in [-0.15, -0.1) is 0 Å². The summed E-state index contributed by atoms with van der Waals surface area (Å²) < 4.78 is 36.6. The lowest BCUT2D eigenvalue weighted by Crippen LogP contribution is -2.22. The second-order valence-corrected chi connectivity index (χ2v) is 7.51. The molecule has 0 fully saturated rings. The van der Waals surface area contributed by atoms with Crippen LogP contribution in [0.3, 0.4) is 0 Å². The third-order valence-corrected chi connectivity index (χ3v) is 4.16. The van der Waals surface area contributed by atoms with Gasteiger partial charge in [-0.25, -0.2) is 0 Å². The summed E-state index contributed by atoms with van der Waals surface area (Å²) in [5.41, 5.74) is 2.55. The van der Waals surface area contributed by atoms with Crippen molar-refractivity contribution in [3.63, 3.8) is 0 Å². The van der Waals surface area contributed by atoms with E-state index in [9.17, 15) is 9.59 Å². The highest BCUT2D eigenvalue weighted by Gasteiger charge is 2.09. The van der Waals surface area contributed by atoms with Gasteiger partial charge in [0.15, 0.2) is 6.61 Å². The van der Waals surface area contributed by atoms with Crippen LogP contribution in [-0.4, -0.2) is 49.1 Å². The van der Waals surface area contributed by atoms with Crippen molar-refractivity contribution in [2.75, 3.05) is 29.9 Å². The number of nitrogens with zero attached hydrogens (tertiary/aromatic N) is 1. The van der Waals surface area contributed by atoms with Crippen molar-refractivity contribution in [2.45, 2.75) is 20.3 Å². The van der Waals surface area contributed by atoms with Crippen molar-refractivity contribution in [1.29, 1.82) is 0 Å².